The number of hydrogen-bond acceptors (Lipinski definition) is 5. The standard InChI is InChI=1S/C20H19F3N4O2/c1-11-7-12(20(21,22)23)8-15(28)17(11)13-9-24-14-10-27(26-18(14)25-13)19-4-2-3-16(19)29-6-5-19/h7-10,16,28H,2-6H2,1H3/t16-,19+/m1/s1. The fraction of sp³-hybridized carbons (Fsp3) is 0.450. The number of rotatable bonds is 2. The number of ether oxygens (including phenoxy) is 1. The largest absolute Gasteiger partial charge is 0.507 e. The Bertz CT molecular complexity index is 1080. The van der Waals surface area contributed by atoms with Crippen molar-refractivity contribution in [2.24, 2.45) is 0 Å². The number of benzene rings is 1. The summed E-state index contributed by atoms with van der Waals surface area (Å²) in [6.45, 7) is 2.21. The van der Waals surface area contributed by atoms with Crippen LogP contribution in [0.4, 0.5) is 13.2 Å². The van der Waals surface area contributed by atoms with Crippen molar-refractivity contribution in [3.05, 3.63) is 35.7 Å². The second-order valence-electron chi connectivity index (χ2n) is 7.83. The van der Waals surface area contributed by atoms with E-state index in [4.69, 9.17) is 4.74 Å². The van der Waals surface area contributed by atoms with Crippen molar-refractivity contribution >= 4 is 11.2 Å². The minimum absolute atomic E-state index is 0.137. The van der Waals surface area contributed by atoms with E-state index in [0.717, 1.165) is 31.7 Å². The number of phenols is 1. The van der Waals surface area contributed by atoms with Gasteiger partial charge in [0.1, 0.15) is 11.3 Å². The molecule has 6 nitrogen and oxygen atoms in total. The average molecular weight is 404 g/mol. The quantitative estimate of drug-likeness (QED) is 0.693. The molecule has 1 saturated heterocycles. The highest BCUT2D eigenvalue weighted by Gasteiger charge is 2.49. The molecule has 0 spiro atoms. The van der Waals surface area contributed by atoms with Gasteiger partial charge in [-0.3, -0.25) is 4.68 Å². The van der Waals surface area contributed by atoms with Gasteiger partial charge in [0, 0.05) is 12.2 Å². The summed E-state index contributed by atoms with van der Waals surface area (Å²) in [5.41, 5.74) is 0.705. The molecule has 1 aromatic carbocycles. The maximum absolute atomic E-state index is 13.0. The monoisotopic (exact) mass is 404 g/mol. The number of nitrogens with zero attached hydrogens (tertiary/aromatic N) is 4. The first-order valence-electron chi connectivity index (χ1n) is 9.54. The van der Waals surface area contributed by atoms with Crippen molar-refractivity contribution in [3.8, 4) is 17.0 Å². The van der Waals surface area contributed by atoms with Gasteiger partial charge in [-0.1, -0.05) is 0 Å². The summed E-state index contributed by atoms with van der Waals surface area (Å²) in [6, 6.07) is 1.71. The second-order valence-corrected chi connectivity index (χ2v) is 7.83. The molecule has 1 aliphatic heterocycles. The molecule has 29 heavy (non-hydrogen) atoms. The summed E-state index contributed by atoms with van der Waals surface area (Å²) in [6.07, 6.45) is 2.87. The summed E-state index contributed by atoms with van der Waals surface area (Å²) in [5, 5.41) is 14.9. The SMILES string of the molecule is Cc1cc(C(F)(F)F)cc(O)c1-c1cnc2cn([C@]34CCC[C@H]3OCC4)nc2n1. The molecule has 1 N–H and O–H groups in total. The minimum atomic E-state index is -4.53. The number of phenolic OH excluding ortho intramolecular Hbond substituents is 1. The highest BCUT2D eigenvalue weighted by Crippen LogP contribution is 2.46. The van der Waals surface area contributed by atoms with E-state index in [1.807, 2.05) is 10.9 Å². The van der Waals surface area contributed by atoms with Gasteiger partial charge in [-0.05, 0) is 50.3 Å². The van der Waals surface area contributed by atoms with Gasteiger partial charge in [-0.15, -0.1) is 5.10 Å². The molecule has 3 aromatic rings. The molecule has 0 unspecified atom stereocenters. The van der Waals surface area contributed by atoms with Gasteiger partial charge >= 0.3 is 6.18 Å². The third kappa shape index (κ3) is 2.78. The van der Waals surface area contributed by atoms with E-state index in [1.165, 1.54) is 13.1 Å². The number of hydrogen-bond donors (Lipinski definition) is 1. The third-order valence-electron chi connectivity index (χ3n) is 6.11. The van der Waals surface area contributed by atoms with Crippen LogP contribution in [0.15, 0.2) is 24.5 Å². The fourth-order valence-corrected chi connectivity index (χ4v) is 4.72. The number of aromatic hydroxyl groups is 1. The lowest BCUT2D eigenvalue weighted by molar-refractivity contribution is -0.137. The Morgan fingerprint density at radius 2 is 2.10 bits per heavy atom. The predicted molar refractivity (Wildman–Crippen MR) is 98.3 cm³/mol. The van der Waals surface area contributed by atoms with Crippen LogP contribution in [-0.4, -0.2) is 37.6 Å². The van der Waals surface area contributed by atoms with Crippen LogP contribution >= 0.6 is 0 Å². The van der Waals surface area contributed by atoms with Gasteiger partial charge in [-0.25, -0.2) is 9.97 Å². The molecule has 9 heteroatoms. The highest BCUT2D eigenvalue weighted by atomic mass is 19.4. The van der Waals surface area contributed by atoms with Crippen molar-refractivity contribution in [2.75, 3.05) is 6.61 Å². The summed E-state index contributed by atoms with van der Waals surface area (Å²) >= 11 is 0. The topological polar surface area (TPSA) is 73.1 Å². The zero-order valence-corrected chi connectivity index (χ0v) is 15.7. The van der Waals surface area contributed by atoms with Gasteiger partial charge in [0.05, 0.1) is 35.3 Å². The Morgan fingerprint density at radius 3 is 2.86 bits per heavy atom. The molecule has 152 valence electrons. The molecule has 2 atom stereocenters. The molecule has 3 heterocycles. The van der Waals surface area contributed by atoms with Crippen LogP contribution in [0, 0.1) is 6.92 Å². The van der Waals surface area contributed by atoms with Crippen molar-refractivity contribution in [3.63, 3.8) is 0 Å². The smallest absolute Gasteiger partial charge is 0.416 e. The van der Waals surface area contributed by atoms with E-state index in [1.54, 1.807) is 0 Å². The van der Waals surface area contributed by atoms with E-state index >= 15 is 0 Å². The van der Waals surface area contributed by atoms with E-state index in [9.17, 15) is 18.3 Å². The fourth-order valence-electron chi connectivity index (χ4n) is 4.72. The van der Waals surface area contributed by atoms with Gasteiger partial charge in [0.2, 0.25) is 0 Å². The zero-order chi connectivity index (χ0) is 20.4. The molecular weight excluding hydrogens is 385 g/mol. The Balaban J connectivity index is 1.58. The number of aryl methyl sites for hydroxylation is 1. The first-order valence-corrected chi connectivity index (χ1v) is 9.54. The van der Waals surface area contributed by atoms with Crippen LogP contribution in [0.3, 0.4) is 0 Å². The van der Waals surface area contributed by atoms with E-state index in [-0.39, 0.29) is 28.5 Å². The molecular formula is C20H19F3N4O2. The summed E-state index contributed by atoms with van der Waals surface area (Å²) in [5.74, 6) is -0.482. The predicted octanol–water partition coefficient (Wildman–Crippen LogP) is 4.19. The van der Waals surface area contributed by atoms with E-state index < -0.39 is 17.5 Å². The third-order valence-corrected chi connectivity index (χ3v) is 6.11. The Morgan fingerprint density at radius 1 is 1.28 bits per heavy atom. The second kappa shape index (κ2) is 6.16. The molecule has 0 amide bonds. The normalized spacial score (nSPS) is 24.3. The number of fused-ring (bicyclic) bond motifs is 2. The van der Waals surface area contributed by atoms with Gasteiger partial charge in [0.15, 0.2) is 5.65 Å². The lowest BCUT2D eigenvalue weighted by Gasteiger charge is -2.27. The lowest BCUT2D eigenvalue weighted by atomic mass is 9.94. The first kappa shape index (κ1) is 18.4. The van der Waals surface area contributed by atoms with Gasteiger partial charge in [0.25, 0.3) is 0 Å². The number of halogens is 3. The molecule has 2 aliphatic rings. The van der Waals surface area contributed by atoms with E-state index in [0.29, 0.717) is 23.8 Å². The van der Waals surface area contributed by atoms with Crippen LogP contribution < -0.4 is 0 Å². The average Bonchev–Trinajstić information content (AvgIpc) is 3.33. The Hall–Kier alpha value is -2.68. The first-order chi connectivity index (χ1) is 13.8. The van der Waals surface area contributed by atoms with Crippen LogP contribution in [0.2, 0.25) is 0 Å². The lowest BCUT2D eigenvalue weighted by Crippen LogP contribution is -2.37. The summed E-state index contributed by atoms with van der Waals surface area (Å²) in [7, 11) is 0. The van der Waals surface area contributed by atoms with E-state index in [2.05, 4.69) is 15.1 Å². The maximum Gasteiger partial charge on any atom is 0.416 e. The molecule has 0 radical (unpaired) electrons. The van der Waals surface area contributed by atoms with Crippen molar-refractivity contribution in [1.29, 1.82) is 0 Å². The van der Waals surface area contributed by atoms with Gasteiger partial charge in [-0.2, -0.15) is 13.2 Å². The van der Waals surface area contributed by atoms with Crippen LogP contribution in [0.1, 0.15) is 36.8 Å². The molecule has 1 saturated carbocycles. The molecule has 1 aliphatic carbocycles. The Kier molecular flexibility index (Phi) is 3.90. The van der Waals surface area contributed by atoms with Crippen LogP contribution in [-0.2, 0) is 16.5 Å². The molecule has 0 bridgehead atoms. The summed E-state index contributed by atoms with van der Waals surface area (Å²) in [4.78, 5) is 8.88. The number of alkyl halides is 3. The molecule has 2 fully saturated rings. The van der Waals surface area contributed by atoms with Crippen molar-refractivity contribution < 1.29 is 23.0 Å². The molecule has 2 aromatic heterocycles. The zero-order valence-electron chi connectivity index (χ0n) is 15.7. The van der Waals surface area contributed by atoms with Gasteiger partial charge < -0.3 is 9.84 Å². The maximum atomic E-state index is 13.0. The summed E-state index contributed by atoms with van der Waals surface area (Å²) < 4.78 is 46.7. The molecule has 5 rings (SSSR count). The number of aromatic nitrogens is 4. The van der Waals surface area contributed by atoms with Crippen molar-refractivity contribution in [1.82, 2.24) is 19.7 Å². The van der Waals surface area contributed by atoms with Crippen LogP contribution in [0.25, 0.3) is 22.4 Å². The Labute approximate surface area is 164 Å². The minimum Gasteiger partial charge on any atom is -0.507 e. The highest BCUT2D eigenvalue weighted by molar-refractivity contribution is 5.77. The van der Waals surface area contributed by atoms with Crippen LogP contribution in [0.5, 0.6) is 5.75 Å². The van der Waals surface area contributed by atoms with Crippen molar-refractivity contribution in [2.45, 2.75) is 50.4 Å².